The lowest BCUT2D eigenvalue weighted by Gasteiger charge is -2.45. The fourth-order valence-corrected chi connectivity index (χ4v) is 4.25. The Morgan fingerprint density at radius 2 is 1.84 bits per heavy atom. The van der Waals surface area contributed by atoms with E-state index in [1.165, 1.54) is 58.0 Å². The molecule has 2 aliphatic carbocycles. The molecule has 19 heavy (non-hydrogen) atoms. The van der Waals surface area contributed by atoms with Crippen molar-refractivity contribution in [2.24, 2.45) is 11.7 Å². The van der Waals surface area contributed by atoms with Gasteiger partial charge in [0, 0.05) is 37.3 Å². The molecule has 3 nitrogen and oxygen atoms in total. The predicted molar refractivity (Wildman–Crippen MR) is 80.2 cm³/mol. The highest BCUT2D eigenvalue weighted by Gasteiger charge is 2.46. The van der Waals surface area contributed by atoms with Gasteiger partial charge in [-0.3, -0.25) is 9.80 Å². The van der Waals surface area contributed by atoms with E-state index in [1.54, 1.807) is 0 Å². The van der Waals surface area contributed by atoms with E-state index in [0.29, 0.717) is 0 Å². The summed E-state index contributed by atoms with van der Waals surface area (Å²) in [5.41, 5.74) is 6.49. The van der Waals surface area contributed by atoms with Crippen molar-refractivity contribution in [1.82, 2.24) is 9.80 Å². The Balaban J connectivity index is 1.64. The quantitative estimate of drug-likeness (QED) is 0.844. The highest BCUT2D eigenvalue weighted by atomic mass is 15.3. The van der Waals surface area contributed by atoms with Gasteiger partial charge in [-0.25, -0.2) is 0 Å². The summed E-state index contributed by atoms with van der Waals surface area (Å²) in [5.74, 6) is 0.935. The van der Waals surface area contributed by atoms with E-state index >= 15 is 0 Å². The number of nitrogens with zero attached hydrogens (tertiary/aromatic N) is 2. The molecule has 1 saturated heterocycles. The minimum absolute atomic E-state index is 0.272. The molecule has 0 radical (unpaired) electrons. The molecule has 1 aliphatic heterocycles. The summed E-state index contributed by atoms with van der Waals surface area (Å²) in [7, 11) is 2.35. The molecule has 3 aliphatic rings. The zero-order valence-corrected chi connectivity index (χ0v) is 12.8. The average molecular weight is 265 g/mol. The normalized spacial score (nSPS) is 41.1. The summed E-state index contributed by atoms with van der Waals surface area (Å²) in [6, 6.07) is 1.67. The summed E-state index contributed by atoms with van der Waals surface area (Å²) in [6.45, 7) is 5.73. The molecule has 0 aromatic carbocycles. The fraction of sp³-hybridized carbons (Fsp3) is 1.00. The van der Waals surface area contributed by atoms with Crippen LogP contribution in [-0.4, -0.2) is 54.1 Å². The SMILES string of the molecule is CC1CCC(N(C)C2(CN)CCN(C3CC3)C2)CC1. The van der Waals surface area contributed by atoms with Crippen LogP contribution in [0.1, 0.15) is 51.9 Å². The van der Waals surface area contributed by atoms with Crippen LogP contribution in [0.3, 0.4) is 0 Å². The van der Waals surface area contributed by atoms with Crippen LogP contribution in [0.15, 0.2) is 0 Å². The van der Waals surface area contributed by atoms with Gasteiger partial charge in [0.1, 0.15) is 0 Å². The monoisotopic (exact) mass is 265 g/mol. The number of rotatable bonds is 4. The third-order valence-electron chi connectivity index (χ3n) is 6.09. The first-order valence-corrected chi connectivity index (χ1v) is 8.32. The van der Waals surface area contributed by atoms with Crippen LogP contribution in [0.4, 0.5) is 0 Å². The number of likely N-dealkylation sites (tertiary alicyclic amines) is 1. The van der Waals surface area contributed by atoms with Crippen LogP contribution in [0.2, 0.25) is 0 Å². The first-order chi connectivity index (χ1) is 9.14. The van der Waals surface area contributed by atoms with Crippen LogP contribution in [0, 0.1) is 5.92 Å². The van der Waals surface area contributed by atoms with E-state index in [4.69, 9.17) is 5.73 Å². The topological polar surface area (TPSA) is 32.5 Å². The molecule has 2 saturated carbocycles. The molecule has 0 amide bonds. The Morgan fingerprint density at radius 1 is 1.16 bits per heavy atom. The maximum absolute atomic E-state index is 6.22. The van der Waals surface area contributed by atoms with Crippen molar-refractivity contribution in [2.45, 2.75) is 69.5 Å². The molecule has 3 rings (SSSR count). The van der Waals surface area contributed by atoms with Crippen LogP contribution < -0.4 is 5.73 Å². The van der Waals surface area contributed by atoms with Crippen LogP contribution in [-0.2, 0) is 0 Å². The first-order valence-electron chi connectivity index (χ1n) is 8.32. The molecular formula is C16H31N3. The zero-order valence-electron chi connectivity index (χ0n) is 12.8. The van der Waals surface area contributed by atoms with Crippen molar-refractivity contribution < 1.29 is 0 Å². The van der Waals surface area contributed by atoms with Gasteiger partial charge in [0.15, 0.2) is 0 Å². The Morgan fingerprint density at radius 3 is 2.42 bits per heavy atom. The lowest BCUT2D eigenvalue weighted by Crippen LogP contribution is -2.58. The van der Waals surface area contributed by atoms with Crippen molar-refractivity contribution >= 4 is 0 Å². The maximum Gasteiger partial charge on any atom is 0.0470 e. The van der Waals surface area contributed by atoms with Crippen LogP contribution in [0.5, 0.6) is 0 Å². The molecule has 0 spiro atoms. The molecule has 0 bridgehead atoms. The van der Waals surface area contributed by atoms with Gasteiger partial charge in [-0.15, -0.1) is 0 Å². The smallest absolute Gasteiger partial charge is 0.0470 e. The lowest BCUT2D eigenvalue weighted by atomic mass is 9.84. The van der Waals surface area contributed by atoms with Gasteiger partial charge in [-0.2, -0.15) is 0 Å². The molecule has 1 atom stereocenters. The molecule has 0 aromatic rings. The fourth-order valence-electron chi connectivity index (χ4n) is 4.25. The molecule has 1 unspecified atom stereocenters. The van der Waals surface area contributed by atoms with Gasteiger partial charge in [-0.05, 0) is 57.9 Å². The summed E-state index contributed by atoms with van der Waals surface area (Å²) < 4.78 is 0. The number of nitrogens with two attached hydrogens (primary N) is 1. The van der Waals surface area contributed by atoms with Crippen LogP contribution in [0.25, 0.3) is 0 Å². The Labute approximate surface area is 118 Å². The second-order valence-electron chi connectivity index (χ2n) is 7.40. The van der Waals surface area contributed by atoms with Gasteiger partial charge in [-0.1, -0.05) is 6.92 Å². The zero-order chi connectivity index (χ0) is 13.5. The van der Waals surface area contributed by atoms with E-state index in [-0.39, 0.29) is 5.54 Å². The predicted octanol–water partition coefficient (Wildman–Crippen LogP) is 2.06. The van der Waals surface area contributed by atoms with E-state index in [2.05, 4.69) is 23.8 Å². The standard InChI is InChI=1S/C16H31N3/c1-13-3-5-14(6-4-13)18(2)16(11-17)9-10-19(12-16)15-7-8-15/h13-15H,3-12,17H2,1-2H3. The maximum atomic E-state index is 6.22. The Bertz CT molecular complexity index is 307. The molecule has 2 N–H and O–H groups in total. The average Bonchev–Trinajstić information content (AvgIpc) is 3.19. The van der Waals surface area contributed by atoms with Crippen molar-refractivity contribution in [1.29, 1.82) is 0 Å². The van der Waals surface area contributed by atoms with Gasteiger partial charge in [0.05, 0.1) is 0 Å². The van der Waals surface area contributed by atoms with Crippen molar-refractivity contribution in [3.63, 3.8) is 0 Å². The van der Waals surface area contributed by atoms with Crippen molar-refractivity contribution in [3.8, 4) is 0 Å². The second-order valence-corrected chi connectivity index (χ2v) is 7.40. The number of hydrogen-bond acceptors (Lipinski definition) is 3. The summed E-state index contributed by atoms with van der Waals surface area (Å²) >= 11 is 0. The summed E-state index contributed by atoms with van der Waals surface area (Å²) in [5, 5.41) is 0. The van der Waals surface area contributed by atoms with Crippen molar-refractivity contribution in [2.75, 3.05) is 26.7 Å². The molecule has 1 heterocycles. The third-order valence-corrected chi connectivity index (χ3v) is 6.09. The van der Waals surface area contributed by atoms with Crippen LogP contribution >= 0.6 is 0 Å². The lowest BCUT2D eigenvalue weighted by molar-refractivity contribution is 0.0546. The van der Waals surface area contributed by atoms with Gasteiger partial charge in [0.25, 0.3) is 0 Å². The van der Waals surface area contributed by atoms with Crippen molar-refractivity contribution in [3.05, 3.63) is 0 Å². The largest absolute Gasteiger partial charge is 0.329 e. The molecule has 0 aromatic heterocycles. The first kappa shape index (κ1) is 13.8. The number of likely N-dealkylation sites (N-methyl/N-ethyl adjacent to an activating group) is 1. The minimum atomic E-state index is 0.272. The highest BCUT2D eigenvalue weighted by molar-refractivity contribution is 5.04. The molecule has 3 fully saturated rings. The minimum Gasteiger partial charge on any atom is -0.329 e. The Kier molecular flexibility index (Phi) is 3.89. The van der Waals surface area contributed by atoms with Gasteiger partial charge >= 0.3 is 0 Å². The summed E-state index contributed by atoms with van der Waals surface area (Å²) in [4.78, 5) is 5.38. The molecular weight excluding hydrogens is 234 g/mol. The summed E-state index contributed by atoms with van der Waals surface area (Å²) in [6.07, 6.45) is 9.69. The molecule has 3 heteroatoms. The van der Waals surface area contributed by atoms with Gasteiger partial charge in [0.2, 0.25) is 0 Å². The second kappa shape index (κ2) is 5.34. The van der Waals surface area contributed by atoms with E-state index in [9.17, 15) is 0 Å². The molecule has 110 valence electrons. The van der Waals surface area contributed by atoms with E-state index < -0.39 is 0 Å². The Hall–Kier alpha value is -0.120. The van der Waals surface area contributed by atoms with E-state index in [0.717, 1.165) is 24.5 Å². The van der Waals surface area contributed by atoms with E-state index in [1.807, 2.05) is 0 Å². The van der Waals surface area contributed by atoms with Gasteiger partial charge < -0.3 is 5.73 Å². The highest BCUT2D eigenvalue weighted by Crippen LogP contribution is 2.38. The third kappa shape index (κ3) is 2.70. The number of hydrogen-bond donors (Lipinski definition) is 1.